The van der Waals surface area contributed by atoms with Gasteiger partial charge in [-0.05, 0) is 59.0 Å². The lowest BCUT2D eigenvalue weighted by Crippen LogP contribution is -2.57. The first kappa shape index (κ1) is 25.5. The summed E-state index contributed by atoms with van der Waals surface area (Å²) in [6, 6.07) is 27.8. The molecule has 0 aromatic heterocycles. The van der Waals surface area contributed by atoms with E-state index in [-0.39, 0.29) is 30.9 Å². The number of hydrogen-bond donors (Lipinski definition) is 0. The molecule has 0 unspecified atom stereocenters. The second-order valence-electron chi connectivity index (χ2n) is 9.65. The number of aryl methyl sites for hydroxylation is 1. The number of rotatable bonds is 6. The van der Waals surface area contributed by atoms with Gasteiger partial charge in [0.25, 0.3) is 5.91 Å². The molecule has 194 valence electrons. The number of carbonyl (C=O) groups is 2. The Morgan fingerprint density at radius 3 is 2.29 bits per heavy atom. The number of hydrogen-bond acceptors (Lipinski definition) is 2. The lowest BCUT2D eigenvalue weighted by molar-refractivity contribution is -0.139. The fourth-order valence-corrected chi connectivity index (χ4v) is 5.02. The first-order valence-electron chi connectivity index (χ1n) is 12.6. The molecular weight excluding hydrogens is 489 g/mol. The zero-order valence-electron chi connectivity index (χ0n) is 20.7. The number of carbonyl (C=O) groups excluding carboxylic acids is 2. The number of benzene rings is 4. The van der Waals surface area contributed by atoms with Crippen molar-refractivity contribution in [1.29, 1.82) is 0 Å². The van der Waals surface area contributed by atoms with E-state index in [1.165, 1.54) is 6.07 Å². The standard InChI is InChI=1S/C31H27F3N2O2/c32-31(33,34)27-12-6-9-23(17-27)19-36-28(16-13-22-7-2-1-3-8-22)20-35(21-29(36)37)30(38)26-15-14-24-10-4-5-11-25(24)18-26/h1-12,14-15,17-18,28H,13,16,19-21H2/t28-/m0/s1. The molecule has 0 spiro atoms. The van der Waals surface area contributed by atoms with Gasteiger partial charge in [0.05, 0.1) is 11.6 Å². The fourth-order valence-electron chi connectivity index (χ4n) is 5.02. The van der Waals surface area contributed by atoms with E-state index in [4.69, 9.17) is 0 Å². The summed E-state index contributed by atoms with van der Waals surface area (Å²) in [6.07, 6.45) is -3.20. The van der Waals surface area contributed by atoms with Crippen LogP contribution in [0.5, 0.6) is 0 Å². The zero-order chi connectivity index (χ0) is 26.7. The van der Waals surface area contributed by atoms with Crippen LogP contribution >= 0.6 is 0 Å². The average Bonchev–Trinajstić information content (AvgIpc) is 2.93. The first-order valence-corrected chi connectivity index (χ1v) is 12.6. The van der Waals surface area contributed by atoms with E-state index in [9.17, 15) is 22.8 Å². The molecule has 0 N–H and O–H groups in total. The molecular formula is C31H27F3N2O2. The number of halogens is 3. The molecule has 1 heterocycles. The highest BCUT2D eigenvalue weighted by atomic mass is 19.4. The minimum absolute atomic E-state index is 0.0558. The first-order chi connectivity index (χ1) is 18.3. The van der Waals surface area contributed by atoms with Crippen molar-refractivity contribution < 1.29 is 22.8 Å². The highest BCUT2D eigenvalue weighted by Crippen LogP contribution is 2.30. The van der Waals surface area contributed by atoms with Crippen LogP contribution in [0.2, 0.25) is 0 Å². The minimum Gasteiger partial charge on any atom is -0.332 e. The largest absolute Gasteiger partial charge is 0.416 e. The molecule has 1 fully saturated rings. The molecule has 5 rings (SSSR count). The van der Waals surface area contributed by atoms with E-state index in [1.807, 2.05) is 66.7 Å². The van der Waals surface area contributed by atoms with E-state index in [0.29, 0.717) is 30.5 Å². The predicted octanol–water partition coefficient (Wildman–Crippen LogP) is 6.34. The molecule has 0 aliphatic carbocycles. The third-order valence-corrected chi connectivity index (χ3v) is 7.02. The summed E-state index contributed by atoms with van der Waals surface area (Å²) in [5.41, 5.74) is 1.27. The fraction of sp³-hybridized carbons (Fsp3) is 0.226. The van der Waals surface area contributed by atoms with Crippen LogP contribution in [0.3, 0.4) is 0 Å². The second kappa shape index (κ2) is 10.7. The minimum atomic E-state index is -4.46. The molecule has 7 heteroatoms. The van der Waals surface area contributed by atoms with Crippen molar-refractivity contribution in [2.75, 3.05) is 13.1 Å². The Morgan fingerprint density at radius 1 is 0.816 bits per heavy atom. The van der Waals surface area contributed by atoms with Crippen LogP contribution in [0.25, 0.3) is 10.8 Å². The van der Waals surface area contributed by atoms with Crippen LogP contribution in [0.15, 0.2) is 97.1 Å². The van der Waals surface area contributed by atoms with Crippen molar-refractivity contribution >= 4 is 22.6 Å². The topological polar surface area (TPSA) is 40.6 Å². The van der Waals surface area contributed by atoms with Gasteiger partial charge in [-0.25, -0.2) is 0 Å². The molecule has 2 amide bonds. The van der Waals surface area contributed by atoms with Gasteiger partial charge in [0, 0.05) is 18.7 Å². The van der Waals surface area contributed by atoms with Gasteiger partial charge in [0.15, 0.2) is 0 Å². The summed E-state index contributed by atoms with van der Waals surface area (Å²) >= 11 is 0. The van der Waals surface area contributed by atoms with Crippen LogP contribution in [-0.2, 0) is 23.9 Å². The van der Waals surface area contributed by atoms with Crippen molar-refractivity contribution in [3.05, 3.63) is 119 Å². The van der Waals surface area contributed by atoms with Crippen LogP contribution in [0.1, 0.15) is 33.5 Å². The Hall–Kier alpha value is -4.13. The zero-order valence-corrected chi connectivity index (χ0v) is 20.7. The highest BCUT2D eigenvalue weighted by molar-refractivity contribution is 6.00. The monoisotopic (exact) mass is 516 g/mol. The smallest absolute Gasteiger partial charge is 0.332 e. The van der Waals surface area contributed by atoms with Gasteiger partial charge in [-0.1, -0.05) is 72.8 Å². The van der Waals surface area contributed by atoms with Crippen LogP contribution in [-0.4, -0.2) is 40.7 Å². The van der Waals surface area contributed by atoms with Crippen LogP contribution in [0, 0.1) is 0 Å². The maximum Gasteiger partial charge on any atom is 0.416 e. The Kier molecular flexibility index (Phi) is 7.18. The highest BCUT2D eigenvalue weighted by Gasteiger charge is 2.36. The summed E-state index contributed by atoms with van der Waals surface area (Å²) in [5.74, 6) is -0.506. The Morgan fingerprint density at radius 2 is 1.53 bits per heavy atom. The molecule has 1 aliphatic rings. The summed E-state index contributed by atoms with van der Waals surface area (Å²) < 4.78 is 39.8. The summed E-state index contributed by atoms with van der Waals surface area (Å²) in [5, 5.41) is 1.96. The van der Waals surface area contributed by atoms with Crippen LogP contribution in [0.4, 0.5) is 13.2 Å². The van der Waals surface area contributed by atoms with Gasteiger partial charge in [-0.2, -0.15) is 13.2 Å². The Bertz CT molecular complexity index is 1450. The molecule has 0 bridgehead atoms. The van der Waals surface area contributed by atoms with E-state index < -0.39 is 11.7 Å². The lowest BCUT2D eigenvalue weighted by atomic mass is 9.99. The average molecular weight is 517 g/mol. The summed E-state index contributed by atoms with van der Waals surface area (Å²) in [7, 11) is 0. The van der Waals surface area contributed by atoms with Gasteiger partial charge in [-0.3, -0.25) is 9.59 Å². The molecule has 0 saturated carbocycles. The lowest BCUT2D eigenvalue weighted by Gasteiger charge is -2.41. The maximum atomic E-state index is 13.5. The van der Waals surface area contributed by atoms with Gasteiger partial charge >= 0.3 is 6.18 Å². The van der Waals surface area contributed by atoms with E-state index in [1.54, 1.807) is 21.9 Å². The molecule has 1 aliphatic heterocycles. The molecule has 4 nitrogen and oxygen atoms in total. The van der Waals surface area contributed by atoms with Crippen molar-refractivity contribution in [2.45, 2.75) is 31.6 Å². The van der Waals surface area contributed by atoms with Crippen molar-refractivity contribution in [3.63, 3.8) is 0 Å². The maximum absolute atomic E-state index is 13.5. The number of fused-ring (bicyclic) bond motifs is 1. The quantitative estimate of drug-likeness (QED) is 0.300. The third kappa shape index (κ3) is 5.72. The second-order valence-corrected chi connectivity index (χ2v) is 9.65. The predicted molar refractivity (Wildman–Crippen MR) is 140 cm³/mol. The molecule has 38 heavy (non-hydrogen) atoms. The summed E-state index contributed by atoms with van der Waals surface area (Å²) in [6.45, 7) is 0.246. The van der Waals surface area contributed by atoms with E-state index in [2.05, 4.69) is 0 Å². The number of piperazine rings is 1. The molecule has 0 radical (unpaired) electrons. The SMILES string of the molecule is O=C(c1ccc2ccccc2c1)N1CC(=O)N(Cc2cccc(C(F)(F)F)c2)[C@@H](CCc2ccccc2)C1. The molecule has 1 saturated heterocycles. The normalized spacial score (nSPS) is 16.2. The Balaban J connectivity index is 1.39. The van der Waals surface area contributed by atoms with Gasteiger partial charge in [0.1, 0.15) is 6.54 Å². The van der Waals surface area contributed by atoms with Crippen molar-refractivity contribution in [2.24, 2.45) is 0 Å². The third-order valence-electron chi connectivity index (χ3n) is 7.02. The number of alkyl halides is 3. The Labute approximate surface area is 219 Å². The van der Waals surface area contributed by atoms with Gasteiger partial charge < -0.3 is 9.80 Å². The molecule has 4 aromatic carbocycles. The number of amides is 2. The summed E-state index contributed by atoms with van der Waals surface area (Å²) in [4.78, 5) is 30.0. The van der Waals surface area contributed by atoms with Gasteiger partial charge in [-0.15, -0.1) is 0 Å². The molecule has 1 atom stereocenters. The van der Waals surface area contributed by atoms with Crippen LogP contribution < -0.4 is 0 Å². The van der Waals surface area contributed by atoms with E-state index in [0.717, 1.165) is 28.5 Å². The molecule has 4 aromatic rings. The van der Waals surface area contributed by atoms with E-state index >= 15 is 0 Å². The van der Waals surface area contributed by atoms with Crippen molar-refractivity contribution in [1.82, 2.24) is 9.80 Å². The van der Waals surface area contributed by atoms with Crippen molar-refractivity contribution in [3.8, 4) is 0 Å². The number of nitrogens with zero attached hydrogens (tertiary/aromatic N) is 2. The van der Waals surface area contributed by atoms with Gasteiger partial charge in [0.2, 0.25) is 5.91 Å².